The molecule has 0 heterocycles. The first-order valence-electron chi connectivity index (χ1n) is 9.28. The molecular formula is C26H16N2O2. The second kappa shape index (κ2) is 8.22. The third-order valence-electron chi connectivity index (χ3n) is 4.74. The molecule has 0 unspecified atom stereocenters. The Morgan fingerprint density at radius 3 is 1.47 bits per heavy atom. The van der Waals surface area contributed by atoms with Crippen molar-refractivity contribution in [2.75, 3.05) is 0 Å². The van der Waals surface area contributed by atoms with Crippen LogP contribution in [0.4, 0.5) is 0 Å². The van der Waals surface area contributed by atoms with E-state index in [1.165, 1.54) is 0 Å². The van der Waals surface area contributed by atoms with Crippen LogP contribution in [0.15, 0.2) is 91.0 Å². The molecule has 0 amide bonds. The lowest BCUT2D eigenvalue weighted by Gasteiger charge is -2.09. The Balaban J connectivity index is 1.49. The maximum atomic E-state index is 9.41. The lowest BCUT2D eigenvalue weighted by molar-refractivity contribution is 0.475. The summed E-state index contributed by atoms with van der Waals surface area (Å²) in [7, 11) is 0. The van der Waals surface area contributed by atoms with Crippen LogP contribution in [-0.4, -0.2) is 5.11 Å². The highest BCUT2D eigenvalue weighted by atomic mass is 16.5. The molecule has 0 fully saturated rings. The summed E-state index contributed by atoms with van der Waals surface area (Å²) in [6.07, 6.45) is 0. The average molecular weight is 388 g/mol. The first kappa shape index (κ1) is 18.8. The van der Waals surface area contributed by atoms with Gasteiger partial charge in [0.25, 0.3) is 0 Å². The number of hydrogen-bond donors (Lipinski definition) is 1. The number of ether oxygens (including phenoxy) is 1. The van der Waals surface area contributed by atoms with Gasteiger partial charge in [-0.3, -0.25) is 0 Å². The van der Waals surface area contributed by atoms with Crippen LogP contribution in [0.2, 0.25) is 0 Å². The molecule has 0 spiro atoms. The molecule has 142 valence electrons. The summed E-state index contributed by atoms with van der Waals surface area (Å²) in [5.74, 6) is 1.66. The SMILES string of the molecule is N#Cc1ccc(-c2ccc(Oc3ccc(-c4ccc(O)cc4)cc3)cc2)cc1C#N. The zero-order valence-corrected chi connectivity index (χ0v) is 15.9. The van der Waals surface area contributed by atoms with Crippen molar-refractivity contribution in [3.05, 3.63) is 102 Å². The largest absolute Gasteiger partial charge is 0.508 e. The van der Waals surface area contributed by atoms with Crippen LogP contribution in [0, 0.1) is 22.7 Å². The molecule has 4 aromatic rings. The Morgan fingerprint density at radius 1 is 0.533 bits per heavy atom. The molecule has 0 aliphatic heterocycles. The smallest absolute Gasteiger partial charge is 0.127 e. The Morgan fingerprint density at radius 2 is 0.967 bits per heavy atom. The molecule has 1 N–H and O–H groups in total. The number of rotatable bonds is 4. The number of phenolic OH excluding ortho intramolecular Hbond substituents is 1. The monoisotopic (exact) mass is 388 g/mol. The third-order valence-corrected chi connectivity index (χ3v) is 4.74. The minimum absolute atomic E-state index is 0.243. The van der Waals surface area contributed by atoms with Crippen LogP contribution < -0.4 is 4.74 Å². The summed E-state index contributed by atoms with van der Waals surface area (Å²) < 4.78 is 5.93. The predicted molar refractivity (Wildman–Crippen MR) is 115 cm³/mol. The van der Waals surface area contributed by atoms with Crippen molar-refractivity contribution in [1.82, 2.24) is 0 Å². The molecule has 4 nitrogen and oxygen atoms in total. The summed E-state index contributed by atoms with van der Waals surface area (Å²) in [6.45, 7) is 0. The maximum absolute atomic E-state index is 9.41. The zero-order chi connectivity index (χ0) is 20.9. The van der Waals surface area contributed by atoms with Crippen LogP contribution in [0.25, 0.3) is 22.3 Å². The fourth-order valence-corrected chi connectivity index (χ4v) is 3.13. The molecule has 0 radical (unpaired) electrons. The van der Waals surface area contributed by atoms with Gasteiger partial charge in [0.1, 0.15) is 29.4 Å². The highest BCUT2D eigenvalue weighted by Gasteiger charge is 2.06. The number of phenols is 1. The Bertz CT molecular complexity index is 1260. The van der Waals surface area contributed by atoms with Crippen molar-refractivity contribution in [3.8, 4) is 51.6 Å². The maximum Gasteiger partial charge on any atom is 0.127 e. The molecule has 4 rings (SSSR count). The molecule has 4 heteroatoms. The number of benzene rings is 4. The van der Waals surface area contributed by atoms with E-state index in [1.54, 1.807) is 24.3 Å². The van der Waals surface area contributed by atoms with Crippen LogP contribution in [0.3, 0.4) is 0 Å². The van der Waals surface area contributed by atoms with Gasteiger partial charge in [-0.25, -0.2) is 0 Å². The van der Waals surface area contributed by atoms with Crippen molar-refractivity contribution >= 4 is 0 Å². The minimum atomic E-state index is 0.243. The number of hydrogen-bond acceptors (Lipinski definition) is 4. The quantitative estimate of drug-likeness (QED) is 0.447. The Labute approximate surface area is 174 Å². The van der Waals surface area contributed by atoms with Gasteiger partial charge in [-0.15, -0.1) is 0 Å². The molecule has 4 aromatic carbocycles. The van der Waals surface area contributed by atoms with Gasteiger partial charge in [0.05, 0.1) is 11.1 Å². The van der Waals surface area contributed by atoms with E-state index >= 15 is 0 Å². The van der Waals surface area contributed by atoms with Gasteiger partial charge < -0.3 is 9.84 Å². The zero-order valence-electron chi connectivity index (χ0n) is 15.9. The number of nitrogens with zero attached hydrogens (tertiary/aromatic N) is 2. The molecule has 0 aromatic heterocycles. The van der Waals surface area contributed by atoms with Crippen LogP contribution >= 0.6 is 0 Å². The topological polar surface area (TPSA) is 77.0 Å². The minimum Gasteiger partial charge on any atom is -0.508 e. The van der Waals surface area contributed by atoms with Crippen molar-refractivity contribution in [2.24, 2.45) is 0 Å². The van der Waals surface area contributed by atoms with Gasteiger partial charge in [-0.05, 0) is 70.8 Å². The van der Waals surface area contributed by atoms with Gasteiger partial charge in [0.15, 0.2) is 0 Å². The molecular weight excluding hydrogens is 372 g/mol. The highest BCUT2D eigenvalue weighted by Crippen LogP contribution is 2.29. The van der Waals surface area contributed by atoms with Gasteiger partial charge in [0.2, 0.25) is 0 Å². The van der Waals surface area contributed by atoms with E-state index in [1.807, 2.05) is 72.8 Å². The second-order valence-corrected chi connectivity index (χ2v) is 6.68. The first-order chi connectivity index (χ1) is 14.7. The van der Waals surface area contributed by atoms with Crippen molar-refractivity contribution in [1.29, 1.82) is 10.5 Å². The first-order valence-corrected chi connectivity index (χ1v) is 9.28. The predicted octanol–water partition coefficient (Wildman–Crippen LogP) is 6.26. The summed E-state index contributed by atoms with van der Waals surface area (Å²) in [5.41, 5.74) is 4.59. The van der Waals surface area contributed by atoms with Crippen LogP contribution in [-0.2, 0) is 0 Å². The van der Waals surface area contributed by atoms with E-state index in [9.17, 15) is 10.4 Å². The van der Waals surface area contributed by atoms with Crippen molar-refractivity contribution in [3.63, 3.8) is 0 Å². The van der Waals surface area contributed by atoms with Gasteiger partial charge in [0, 0.05) is 0 Å². The third kappa shape index (κ3) is 3.99. The Hall–Kier alpha value is -4.54. The average Bonchev–Trinajstić information content (AvgIpc) is 2.80. The van der Waals surface area contributed by atoms with Crippen LogP contribution in [0.5, 0.6) is 17.2 Å². The summed E-state index contributed by atoms with van der Waals surface area (Å²) >= 11 is 0. The van der Waals surface area contributed by atoms with Crippen molar-refractivity contribution < 1.29 is 9.84 Å². The molecule has 0 aliphatic carbocycles. The molecule has 30 heavy (non-hydrogen) atoms. The molecule has 0 aliphatic rings. The normalized spacial score (nSPS) is 10.1. The molecule has 0 atom stereocenters. The molecule has 0 bridgehead atoms. The summed E-state index contributed by atoms with van der Waals surface area (Å²) in [4.78, 5) is 0. The van der Waals surface area contributed by atoms with E-state index in [0.717, 1.165) is 28.0 Å². The van der Waals surface area contributed by atoms with Crippen molar-refractivity contribution in [2.45, 2.75) is 0 Å². The standard InChI is InChI=1S/C26H16N2O2/c27-16-22-2-1-21(15-23(22)17-28)20-7-13-26(14-8-20)30-25-11-5-19(6-12-25)18-3-9-24(29)10-4-18/h1-15,29H. The second-order valence-electron chi connectivity index (χ2n) is 6.68. The van der Waals surface area contributed by atoms with Gasteiger partial charge >= 0.3 is 0 Å². The van der Waals surface area contributed by atoms with Gasteiger partial charge in [-0.1, -0.05) is 42.5 Å². The lowest BCUT2D eigenvalue weighted by Crippen LogP contribution is -1.87. The fraction of sp³-hybridized carbons (Fsp3) is 0. The van der Waals surface area contributed by atoms with E-state index in [-0.39, 0.29) is 5.75 Å². The molecule has 0 saturated carbocycles. The number of aromatic hydroxyl groups is 1. The molecule has 0 saturated heterocycles. The lowest BCUT2D eigenvalue weighted by atomic mass is 10.00. The van der Waals surface area contributed by atoms with Gasteiger partial charge in [-0.2, -0.15) is 10.5 Å². The summed E-state index contributed by atoms with van der Waals surface area (Å²) in [5, 5.41) is 27.7. The van der Waals surface area contributed by atoms with E-state index in [4.69, 9.17) is 10.00 Å². The summed E-state index contributed by atoms with van der Waals surface area (Å²) in [6, 6.07) is 31.7. The Kier molecular flexibility index (Phi) is 5.16. The van der Waals surface area contributed by atoms with E-state index in [0.29, 0.717) is 16.9 Å². The van der Waals surface area contributed by atoms with E-state index < -0.39 is 0 Å². The van der Waals surface area contributed by atoms with Crippen LogP contribution in [0.1, 0.15) is 11.1 Å². The fourth-order valence-electron chi connectivity index (χ4n) is 3.13. The highest BCUT2D eigenvalue weighted by molar-refractivity contribution is 5.68. The number of nitriles is 2. The van der Waals surface area contributed by atoms with E-state index in [2.05, 4.69) is 6.07 Å².